The highest BCUT2D eigenvalue weighted by Gasteiger charge is 2.29. The summed E-state index contributed by atoms with van der Waals surface area (Å²) in [4.78, 5) is 13.3. The average Bonchev–Trinajstić information content (AvgIpc) is 3.29. The Hall–Kier alpha value is -2.54. The lowest BCUT2D eigenvalue weighted by Crippen LogP contribution is -2.22. The van der Waals surface area contributed by atoms with Gasteiger partial charge in [-0.05, 0) is 43.0 Å². The summed E-state index contributed by atoms with van der Waals surface area (Å²) >= 11 is 0. The molecule has 2 N–H and O–H groups in total. The molecule has 0 radical (unpaired) electrons. The predicted octanol–water partition coefficient (Wildman–Crippen LogP) is 3.01. The van der Waals surface area contributed by atoms with E-state index in [4.69, 9.17) is 19.7 Å². The number of hydrogen-bond donors (Lipinski definition) is 1. The van der Waals surface area contributed by atoms with E-state index in [9.17, 15) is 4.79 Å². The number of hydrogen-bond acceptors (Lipinski definition) is 6. The number of amides is 1. The van der Waals surface area contributed by atoms with Crippen molar-refractivity contribution in [2.45, 2.75) is 45.2 Å². The lowest BCUT2D eigenvalue weighted by atomic mass is 10.1. The van der Waals surface area contributed by atoms with Crippen LogP contribution in [0.15, 0.2) is 28.8 Å². The van der Waals surface area contributed by atoms with Crippen LogP contribution >= 0.6 is 0 Å². The lowest BCUT2D eigenvalue weighted by Gasteiger charge is -2.23. The summed E-state index contributed by atoms with van der Waals surface area (Å²) in [6.45, 7) is 5.83. The molecule has 1 aliphatic rings. The molecular weight excluding hydrogens is 346 g/mol. The van der Waals surface area contributed by atoms with Gasteiger partial charge in [0.15, 0.2) is 23.9 Å². The molecule has 1 aromatic heterocycles. The van der Waals surface area contributed by atoms with Crippen LogP contribution in [0.2, 0.25) is 0 Å². The fourth-order valence-electron chi connectivity index (χ4n) is 3.38. The Balaban J connectivity index is 1.72. The van der Waals surface area contributed by atoms with Gasteiger partial charge in [0, 0.05) is 12.6 Å². The number of ether oxygens (including phenoxy) is 2. The summed E-state index contributed by atoms with van der Waals surface area (Å²) in [6, 6.07) is 8.05. The topological polar surface area (TPSA) is 90.8 Å². The highest BCUT2D eigenvalue weighted by Crippen LogP contribution is 2.35. The second kappa shape index (κ2) is 8.43. The van der Waals surface area contributed by atoms with Crippen LogP contribution in [-0.4, -0.2) is 36.2 Å². The lowest BCUT2D eigenvalue weighted by molar-refractivity contribution is -0.119. The van der Waals surface area contributed by atoms with Crippen LogP contribution in [0.4, 0.5) is 0 Å². The van der Waals surface area contributed by atoms with E-state index >= 15 is 0 Å². The molecule has 1 saturated heterocycles. The van der Waals surface area contributed by atoms with E-state index in [1.807, 2.05) is 18.2 Å². The second-order valence-corrected chi connectivity index (χ2v) is 7.18. The third-order valence-electron chi connectivity index (χ3n) is 4.81. The Labute approximate surface area is 159 Å². The molecule has 0 spiro atoms. The minimum absolute atomic E-state index is 0.173. The maximum Gasteiger partial charge on any atom is 0.255 e. The largest absolute Gasteiger partial charge is 0.493 e. The Morgan fingerprint density at radius 2 is 2.19 bits per heavy atom. The van der Waals surface area contributed by atoms with Crippen molar-refractivity contribution < 1.29 is 18.8 Å². The summed E-state index contributed by atoms with van der Waals surface area (Å²) in [5.41, 5.74) is 7.24. The van der Waals surface area contributed by atoms with E-state index in [0.717, 1.165) is 42.9 Å². The molecule has 7 heteroatoms. The van der Waals surface area contributed by atoms with Gasteiger partial charge in [-0.1, -0.05) is 25.1 Å². The molecule has 1 aliphatic heterocycles. The van der Waals surface area contributed by atoms with Crippen LogP contribution in [0.1, 0.15) is 55.7 Å². The summed E-state index contributed by atoms with van der Waals surface area (Å²) in [5, 5.41) is 4.20. The molecule has 0 bridgehead atoms. The Morgan fingerprint density at radius 3 is 2.85 bits per heavy atom. The number of carbonyl (C=O) groups is 1. The van der Waals surface area contributed by atoms with E-state index in [1.165, 1.54) is 0 Å². The molecule has 1 amide bonds. The molecule has 2 aromatic rings. The van der Waals surface area contributed by atoms with Gasteiger partial charge in [-0.3, -0.25) is 9.69 Å². The minimum Gasteiger partial charge on any atom is -0.493 e. The highest BCUT2D eigenvalue weighted by atomic mass is 16.5. The first-order chi connectivity index (χ1) is 13.0. The summed E-state index contributed by atoms with van der Waals surface area (Å²) in [5.74, 6) is 1.87. The maximum atomic E-state index is 10.9. The molecule has 27 heavy (non-hydrogen) atoms. The molecule has 7 nitrogen and oxygen atoms in total. The van der Waals surface area contributed by atoms with Crippen LogP contribution in [0.25, 0.3) is 0 Å². The van der Waals surface area contributed by atoms with E-state index in [1.54, 1.807) is 7.11 Å². The first-order valence-electron chi connectivity index (χ1n) is 9.26. The summed E-state index contributed by atoms with van der Waals surface area (Å²) < 4.78 is 16.4. The van der Waals surface area contributed by atoms with E-state index in [-0.39, 0.29) is 12.6 Å². The zero-order chi connectivity index (χ0) is 19.4. The number of aromatic nitrogens is 1. The Bertz CT molecular complexity index is 787. The highest BCUT2D eigenvalue weighted by molar-refractivity contribution is 5.75. The van der Waals surface area contributed by atoms with E-state index < -0.39 is 5.91 Å². The SMILES string of the molecule is COc1cc(CN2CCC[C@@H]2c2cc(C(C)C)no2)ccc1OCC(N)=O. The van der Waals surface area contributed by atoms with Crippen LogP contribution in [0, 0.1) is 0 Å². The molecule has 1 atom stereocenters. The van der Waals surface area contributed by atoms with Crippen molar-refractivity contribution in [3.05, 3.63) is 41.3 Å². The van der Waals surface area contributed by atoms with Crippen molar-refractivity contribution in [1.29, 1.82) is 0 Å². The fourth-order valence-corrected chi connectivity index (χ4v) is 3.38. The standard InChI is InChI=1S/C20H27N3O4/c1-13(2)15-10-18(27-22-15)16-5-4-8-23(16)11-14-6-7-17(19(9-14)25-3)26-12-20(21)24/h6-7,9-10,13,16H,4-5,8,11-12H2,1-3H3,(H2,21,24)/t16-/m1/s1. The molecular formula is C20H27N3O4. The zero-order valence-electron chi connectivity index (χ0n) is 16.1. The van der Waals surface area contributed by atoms with Gasteiger partial charge in [0.05, 0.1) is 18.8 Å². The number of nitrogens with zero attached hydrogens (tertiary/aromatic N) is 2. The van der Waals surface area contributed by atoms with Gasteiger partial charge in [0.1, 0.15) is 0 Å². The van der Waals surface area contributed by atoms with Crippen molar-refractivity contribution in [2.75, 3.05) is 20.3 Å². The molecule has 2 heterocycles. The first kappa shape index (κ1) is 19.2. The van der Waals surface area contributed by atoms with Crippen LogP contribution in [-0.2, 0) is 11.3 Å². The average molecular weight is 373 g/mol. The third kappa shape index (κ3) is 4.60. The predicted molar refractivity (Wildman–Crippen MR) is 101 cm³/mol. The zero-order valence-corrected chi connectivity index (χ0v) is 16.1. The van der Waals surface area contributed by atoms with Crippen LogP contribution in [0.5, 0.6) is 11.5 Å². The van der Waals surface area contributed by atoms with Gasteiger partial charge in [-0.15, -0.1) is 0 Å². The number of carbonyl (C=O) groups excluding carboxylic acids is 1. The normalized spacial score (nSPS) is 17.4. The first-order valence-corrected chi connectivity index (χ1v) is 9.26. The van der Waals surface area contributed by atoms with Gasteiger partial charge >= 0.3 is 0 Å². The molecule has 0 aliphatic carbocycles. The van der Waals surface area contributed by atoms with E-state index in [2.05, 4.69) is 30.0 Å². The van der Waals surface area contributed by atoms with Crippen LogP contribution < -0.4 is 15.2 Å². The Morgan fingerprint density at radius 1 is 1.37 bits per heavy atom. The number of primary amides is 1. The van der Waals surface area contributed by atoms with Crippen molar-refractivity contribution in [1.82, 2.24) is 10.1 Å². The van der Waals surface area contributed by atoms with Crippen LogP contribution in [0.3, 0.4) is 0 Å². The van der Waals surface area contributed by atoms with Gasteiger partial charge < -0.3 is 19.7 Å². The van der Waals surface area contributed by atoms with Crippen molar-refractivity contribution in [2.24, 2.45) is 5.73 Å². The number of benzene rings is 1. The third-order valence-corrected chi connectivity index (χ3v) is 4.81. The monoisotopic (exact) mass is 373 g/mol. The number of rotatable bonds is 8. The van der Waals surface area contributed by atoms with Gasteiger partial charge in [-0.25, -0.2) is 0 Å². The van der Waals surface area contributed by atoms with Crippen molar-refractivity contribution in [3.8, 4) is 11.5 Å². The Kier molecular flexibility index (Phi) is 6.01. The number of methoxy groups -OCH3 is 1. The van der Waals surface area contributed by atoms with Gasteiger partial charge in [0.2, 0.25) is 0 Å². The smallest absolute Gasteiger partial charge is 0.255 e. The molecule has 1 aromatic carbocycles. The molecule has 3 rings (SSSR count). The molecule has 0 unspecified atom stereocenters. The van der Waals surface area contributed by atoms with Gasteiger partial charge in [0.25, 0.3) is 5.91 Å². The minimum atomic E-state index is -0.520. The quantitative estimate of drug-likeness (QED) is 0.765. The number of likely N-dealkylation sites (tertiary alicyclic amines) is 1. The summed E-state index contributed by atoms with van der Waals surface area (Å²) in [6.07, 6.45) is 2.18. The van der Waals surface area contributed by atoms with Gasteiger partial charge in [-0.2, -0.15) is 0 Å². The second-order valence-electron chi connectivity index (χ2n) is 7.18. The maximum absolute atomic E-state index is 10.9. The summed E-state index contributed by atoms with van der Waals surface area (Å²) in [7, 11) is 1.58. The van der Waals surface area contributed by atoms with Crippen molar-refractivity contribution in [3.63, 3.8) is 0 Å². The molecule has 146 valence electrons. The van der Waals surface area contributed by atoms with E-state index in [0.29, 0.717) is 17.4 Å². The van der Waals surface area contributed by atoms with Crippen molar-refractivity contribution >= 4 is 5.91 Å². The number of nitrogens with two attached hydrogens (primary N) is 1. The fraction of sp³-hybridized carbons (Fsp3) is 0.500. The molecule has 0 saturated carbocycles. The molecule has 1 fully saturated rings.